The summed E-state index contributed by atoms with van der Waals surface area (Å²) in [5.74, 6) is 0.358. The van der Waals surface area contributed by atoms with Crippen molar-refractivity contribution in [2.24, 2.45) is 0 Å². The number of aromatic nitrogens is 2. The fourth-order valence-corrected chi connectivity index (χ4v) is 3.18. The van der Waals surface area contributed by atoms with Gasteiger partial charge in [-0.2, -0.15) is 0 Å². The molecule has 0 fully saturated rings. The highest BCUT2D eigenvalue weighted by molar-refractivity contribution is 7.99. The molecule has 2 aromatic heterocycles. The van der Waals surface area contributed by atoms with Crippen LogP contribution in [0.2, 0.25) is 0 Å². The highest BCUT2D eigenvalue weighted by Gasteiger charge is 2.14. The molecular weight excluding hydrogens is 338 g/mol. The molecule has 116 valence electrons. The molecule has 0 aliphatic rings. The number of rotatable bonds is 6. The SMILES string of the molecule is O=C(CSc1nnc(-c2cccc([N+](=O)[O-])c2)o1)c1cccs1. The van der Waals surface area contributed by atoms with Gasteiger partial charge in [0.05, 0.1) is 15.6 Å². The van der Waals surface area contributed by atoms with E-state index in [2.05, 4.69) is 10.2 Å². The molecule has 0 amide bonds. The Morgan fingerprint density at radius 1 is 1.30 bits per heavy atom. The van der Waals surface area contributed by atoms with Crippen molar-refractivity contribution in [3.63, 3.8) is 0 Å². The summed E-state index contributed by atoms with van der Waals surface area (Å²) in [4.78, 5) is 22.9. The van der Waals surface area contributed by atoms with Crippen molar-refractivity contribution in [2.45, 2.75) is 5.22 Å². The number of thiophene rings is 1. The lowest BCUT2D eigenvalue weighted by molar-refractivity contribution is -0.384. The van der Waals surface area contributed by atoms with Gasteiger partial charge in [-0.25, -0.2) is 0 Å². The van der Waals surface area contributed by atoms with Gasteiger partial charge in [-0.15, -0.1) is 21.5 Å². The lowest BCUT2D eigenvalue weighted by Gasteiger charge is -1.95. The van der Waals surface area contributed by atoms with Crippen LogP contribution in [-0.2, 0) is 0 Å². The van der Waals surface area contributed by atoms with Gasteiger partial charge >= 0.3 is 0 Å². The number of non-ortho nitro benzene ring substituents is 1. The van der Waals surface area contributed by atoms with Crippen LogP contribution in [0.1, 0.15) is 9.67 Å². The van der Waals surface area contributed by atoms with Crippen molar-refractivity contribution >= 4 is 34.6 Å². The fraction of sp³-hybridized carbons (Fsp3) is 0.0714. The minimum atomic E-state index is -0.491. The number of nitro groups is 1. The third-order valence-electron chi connectivity index (χ3n) is 2.83. The van der Waals surface area contributed by atoms with E-state index in [0.29, 0.717) is 10.4 Å². The second kappa shape index (κ2) is 6.71. The van der Waals surface area contributed by atoms with E-state index in [9.17, 15) is 14.9 Å². The zero-order valence-electron chi connectivity index (χ0n) is 11.5. The average Bonchev–Trinajstić information content (AvgIpc) is 3.24. The van der Waals surface area contributed by atoms with E-state index in [0.717, 1.165) is 11.8 Å². The summed E-state index contributed by atoms with van der Waals surface area (Å²) in [7, 11) is 0. The van der Waals surface area contributed by atoms with Crippen LogP contribution in [0.5, 0.6) is 0 Å². The highest BCUT2D eigenvalue weighted by Crippen LogP contribution is 2.26. The summed E-state index contributed by atoms with van der Waals surface area (Å²) in [6.45, 7) is 0. The zero-order chi connectivity index (χ0) is 16.2. The van der Waals surface area contributed by atoms with Crippen LogP contribution in [0.4, 0.5) is 5.69 Å². The molecule has 7 nitrogen and oxygen atoms in total. The third kappa shape index (κ3) is 3.63. The summed E-state index contributed by atoms with van der Waals surface area (Å²) in [5.41, 5.74) is 0.408. The standard InChI is InChI=1S/C14H9N3O4S2/c18-11(12-5-2-6-22-12)8-23-14-16-15-13(21-14)9-3-1-4-10(7-9)17(19)20/h1-7H,8H2. The van der Waals surface area contributed by atoms with E-state index < -0.39 is 4.92 Å². The Labute approximate surface area is 138 Å². The van der Waals surface area contributed by atoms with Crippen molar-refractivity contribution in [3.8, 4) is 11.5 Å². The number of hydrogen-bond donors (Lipinski definition) is 0. The summed E-state index contributed by atoms with van der Waals surface area (Å²) < 4.78 is 5.44. The molecule has 9 heteroatoms. The Hall–Kier alpha value is -2.52. The van der Waals surface area contributed by atoms with Crippen molar-refractivity contribution in [1.29, 1.82) is 0 Å². The molecular formula is C14H9N3O4S2. The van der Waals surface area contributed by atoms with Gasteiger partial charge in [0.15, 0.2) is 5.78 Å². The average molecular weight is 347 g/mol. The van der Waals surface area contributed by atoms with Gasteiger partial charge < -0.3 is 4.42 Å². The smallest absolute Gasteiger partial charge is 0.277 e. The Morgan fingerprint density at radius 2 is 2.17 bits per heavy atom. The summed E-state index contributed by atoms with van der Waals surface area (Å²) >= 11 is 2.51. The lowest BCUT2D eigenvalue weighted by Crippen LogP contribution is -1.98. The first kappa shape index (κ1) is 15.4. The van der Waals surface area contributed by atoms with Gasteiger partial charge in [0.25, 0.3) is 10.9 Å². The van der Waals surface area contributed by atoms with E-state index in [-0.39, 0.29) is 28.3 Å². The molecule has 0 unspecified atom stereocenters. The van der Waals surface area contributed by atoms with Crippen molar-refractivity contribution < 1.29 is 14.1 Å². The summed E-state index contributed by atoms with van der Waals surface area (Å²) in [5, 5.41) is 20.6. The highest BCUT2D eigenvalue weighted by atomic mass is 32.2. The normalized spacial score (nSPS) is 10.6. The first-order chi connectivity index (χ1) is 11.1. The predicted molar refractivity (Wildman–Crippen MR) is 85.8 cm³/mol. The number of carbonyl (C=O) groups excluding carboxylic acids is 1. The molecule has 3 rings (SSSR count). The van der Waals surface area contributed by atoms with E-state index in [1.54, 1.807) is 18.2 Å². The van der Waals surface area contributed by atoms with Crippen LogP contribution in [-0.4, -0.2) is 26.7 Å². The molecule has 0 atom stereocenters. The quantitative estimate of drug-likeness (QED) is 0.290. The molecule has 2 heterocycles. The molecule has 0 spiro atoms. The van der Waals surface area contributed by atoms with Crippen molar-refractivity contribution in [2.75, 3.05) is 5.75 Å². The summed E-state index contributed by atoms with van der Waals surface area (Å²) in [6, 6.07) is 9.51. The number of thioether (sulfide) groups is 1. The molecule has 0 saturated carbocycles. The third-order valence-corrected chi connectivity index (χ3v) is 4.56. The maximum atomic E-state index is 11.9. The molecule has 3 aromatic rings. The van der Waals surface area contributed by atoms with Crippen LogP contribution in [0, 0.1) is 10.1 Å². The van der Waals surface area contributed by atoms with Crippen LogP contribution < -0.4 is 0 Å². The molecule has 1 aromatic carbocycles. The predicted octanol–water partition coefficient (Wildman–Crippen LogP) is 3.68. The number of Topliss-reactive ketones (excluding diaryl/α,β-unsaturated/α-hetero) is 1. The van der Waals surface area contributed by atoms with Gasteiger partial charge in [0.1, 0.15) is 0 Å². The Bertz CT molecular complexity index is 845. The number of hydrogen-bond acceptors (Lipinski definition) is 8. The van der Waals surface area contributed by atoms with Crippen LogP contribution in [0.3, 0.4) is 0 Å². The second-order valence-electron chi connectivity index (χ2n) is 4.37. The molecule has 0 aliphatic heterocycles. The number of nitro benzene ring substituents is 1. The van der Waals surface area contributed by atoms with Gasteiger partial charge in [-0.3, -0.25) is 14.9 Å². The van der Waals surface area contributed by atoms with E-state index in [1.807, 2.05) is 11.4 Å². The van der Waals surface area contributed by atoms with Crippen LogP contribution >= 0.6 is 23.1 Å². The van der Waals surface area contributed by atoms with Gasteiger partial charge in [0, 0.05) is 17.7 Å². The first-order valence-electron chi connectivity index (χ1n) is 6.41. The molecule has 0 N–H and O–H groups in total. The van der Waals surface area contributed by atoms with Gasteiger partial charge in [0.2, 0.25) is 5.89 Å². The number of benzene rings is 1. The summed E-state index contributed by atoms with van der Waals surface area (Å²) in [6.07, 6.45) is 0. The molecule has 0 aliphatic carbocycles. The van der Waals surface area contributed by atoms with Crippen LogP contribution in [0.15, 0.2) is 51.4 Å². The molecule has 0 radical (unpaired) electrons. The maximum Gasteiger partial charge on any atom is 0.277 e. The second-order valence-corrected chi connectivity index (χ2v) is 6.24. The van der Waals surface area contributed by atoms with E-state index in [4.69, 9.17) is 4.42 Å². The van der Waals surface area contributed by atoms with Crippen LogP contribution in [0.25, 0.3) is 11.5 Å². The number of nitrogens with zero attached hydrogens (tertiary/aromatic N) is 3. The monoisotopic (exact) mass is 347 g/mol. The minimum absolute atomic E-state index is 0.0138. The van der Waals surface area contributed by atoms with Crippen molar-refractivity contribution in [3.05, 3.63) is 56.8 Å². The number of ketones is 1. The number of carbonyl (C=O) groups is 1. The zero-order valence-corrected chi connectivity index (χ0v) is 13.2. The lowest BCUT2D eigenvalue weighted by atomic mass is 10.2. The topological polar surface area (TPSA) is 99.1 Å². The first-order valence-corrected chi connectivity index (χ1v) is 8.28. The van der Waals surface area contributed by atoms with E-state index in [1.165, 1.54) is 23.5 Å². The minimum Gasteiger partial charge on any atom is -0.411 e. The van der Waals surface area contributed by atoms with Gasteiger partial charge in [-0.1, -0.05) is 23.9 Å². The molecule has 23 heavy (non-hydrogen) atoms. The van der Waals surface area contributed by atoms with Gasteiger partial charge in [-0.05, 0) is 17.5 Å². The fourth-order valence-electron chi connectivity index (χ4n) is 1.77. The van der Waals surface area contributed by atoms with Crippen molar-refractivity contribution in [1.82, 2.24) is 10.2 Å². The Morgan fingerprint density at radius 3 is 2.91 bits per heavy atom. The maximum absolute atomic E-state index is 11.9. The van der Waals surface area contributed by atoms with E-state index >= 15 is 0 Å². The Kier molecular flexibility index (Phi) is 4.49. The molecule has 0 bridgehead atoms. The molecule has 0 saturated heterocycles. The Balaban J connectivity index is 1.69. The largest absolute Gasteiger partial charge is 0.411 e.